The number of aliphatic hydroxyl groups is 6. The molecule has 0 amide bonds. The van der Waals surface area contributed by atoms with Crippen LogP contribution in [0.3, 0.4) is 0 Å². The van der Waals surface area contributed by atoms with Gasteiger partial charge in [0.05, 0.1) is 6.61 Å². The molecule has 0 aliphatic carbocycles. The summed E-state index contributed by atoms with van der Waals surface area (Å²) in [5, 5.41) is 53.9. The third-order valence-corrected chi connectivity index (χ3v) is 2.04. The molecule has 9 nitrogen and oxygen atoms in total. The van der Waals surface area contributed by atoms with Crippen LogP contribution < -0.4 is 0 Å². The molecular weight excluding hydrogens is 275 g/mol. The molecule has 1 unspecified atom stereocenters. The van der Waals surface area contributed by atoms with Gasteiger partial charge in [-0.1, -0.05) is 0 Å². The van der Waals surface area contributed by atoms with E-state index in [0.29, 0.717) is 0 Å². The van der Waals surface area contributed by atoms with Gasteiger partial charge in [-0.05, 0) is 6.92 Å². The normalized spacial score (nSPS) is 18.5. The zero-order chi connectivity index (χ0) is 14.5. The van der Waals surface area contributed by atoms with Gasteiger partial charge in [-0.25, -0.2) is 9.59 Å². The van der Waals surface area contributed by atoms with Crippen LogP contribution in [0.5, 0.6) is 0 Å². The van der Waals surface area contributed by atoms with Gasteiger partial charge in [-0.2, -0.15) is 0 Å². The van der Waals surface area contributed by atoms with E-state index in [2.05, 4.69) is 4.74 Å². The summed E-state index contributed by atoms with van der Waals surface area (Å²) in [7, 11) is 0. The van der Waals surface area contributed by atoms with Gasteiger partial charge in [-0.3, -0.25) is 0 Å². The van der Waals surface area contributed by atoms with Crippen molar-refractivity contribution in [1.29, 1.82) is 0 Å². The van der Waals surface area contributed by atoms with Crippen molar-refractivity contribution in [2.75, 3.05) is 6.61 Å². The fourth-order valence-electron chi connectivity index (χ4n) is 0.907. The second kappa shape index (κ2) is 9.75. The van der Waals surface area contributed by atoms with E-state index >= 15 is 0 Å². The Kier molecular flexibility index (Phi) is 10.9. The molecular formula is C9H17NaO9. The van der Waals surface area contributed by atoms with E-state index in [1.165, 1.54) is 0 Å². The summed E-state index contributed by atoms with van der Waals surface area (Å²) in [5.41, 5.74) is 0. The molecule has 0 aromatic carbocycles. The van der Waals surface area contributed by atoms with Crippen molar-refractivity contribution >= 4 is 41.5 Å². The number of rotatable bonds is 6. The quantitative estimate of drug-likeness (QED) is 0.160. The summed E-state index contributed by atoms with van der Waals surface area (Å²) in [6.45, 7) is 0.107. The fraction of sp³-hybridized carbons (Fsp3) is 0.778. The molecule has 0 aromatic rings. The van der Waals surface area contributed by atoms with Crippen molar-refractivity contribution in [2.45, 2.75) is 37.4 Å². The molecule has 0 saturated heterocycles. The first-order valence-corrected chi connectivity index (χ1v) is 4.99. The summed E-state index contributed by atoms with van der Waals surface area (Å²) in [4.78, 5) is 21.9. The number of aliphatic hydroxyl groups excluding tert-OH is 6. The number of ether oxygens (including phenoxy) is 1. The second-order valence-corrected chi connectivity index (χ2v) is 3.59. The van der Waals surface area contributed by atoms with Gasteiger partial charge in [-0.15, -0.1) is 0 Å². The first-order chi connectivity index (χ1) is 8.22. The standard InChI is InChI=1S/C9H16O9.Na.H/c1-3(11)8(16)18-9(17)7(15)6(14)5(13)4(12)2-10;;/h3-7,10-15H,2H2,1H3;;/t3?,4-,5-,6+,7-;;/m1../s1. The van der Waals surface area contributed by atoms with Crippen molar-refractivity contribution in [3.63, 3.8) is 0 Å². The minimum atomic E-state index is -2.32. The zero-order valence-electron chi connectivity index (χ0n) is 9.50. The Labute approximate surface area is 130 Å². The van der Waals surface area contributed by atoms with Crippen molar-refractivity contribution in [3.05, 3.63) is 0 Å². The Hall–Kier alpha value is -0.100. The number of carbonyl (C=O) groups is 2. The van der Waals surface area contributed by atoms with Crippen molar-refractivity contribution in [2.24, 2.45) is 0 Å². The van der Waals surface area contributed by atoms with E-state index in [1.54, 1.807) is 0 Å². The van der Waals surface area contributed by atoms with Crippen LogP contribution in [0.1, 0.15) is 6.92 Å². The van der Waals surface area contributed by atoms with Gasteiger partial charge in [0.25, 0.3) is 0 Å². The predicted molar refractivity (Wildman–Crippen MR) is 61.0 cm³/mol. The van der Waals surface area contributed by atoms with Crippen LogP contribution in [0.25, 0.3) is 0 Å². The van der Waals surface area contributed by atoms with Crippen LogP contribution in [0.15, 0.2) is 0 Å². The number of esters is 2. The van der Waals surface area contributed by atoms with Crippen molar-refractivity contribution in [1.82, 2.24) is 0 Å². The Balaban J connectivity index is 0. The summed E-state index contributed by atoms with van der Waals surface area (Å²) < 4.78 is 3.97. The third-order valence-electron chi connectivity index (χ3n) is 2.04. The first kappa shape index (κ1) is 21.2. The van der Waals surface area contributed by atoms with E-state index in [4.69, 9.17) is 15.3 Å². The molecule has 0 saturated carbocycles. The number of hydrogen-bond donors (Lipinski definition) is 6. The van der Waals surface area contributed by atoms with E-state index in [9.17, 15) is 24.9 Å². The Morgan fingerprint density at radius 2 is 1.47 bits per heavy atom. The molecule has 0 heterocycles. The molecule has 0 aromatic heterocycles. The molecule has 0 aliphatic rings. The van der Waals surface area contributed by atoms with Crippen molar-refractivity contribution in [3.8, 4) is 0 Å². The van der Waals surface area contributed by atoms with Crippen LogP contribution in [0, 0.1) is 0 Å². The number of carbonyl (C=O) groups excluding carboxylic acids is 2. The summed E-state index contributed by atoms with van der Waals surface area (Å²) in [6, 6.07) is 0. The van der Waals surface area contributed by atoms with Crippen LogP contribution in [0.2, 0.25) is 0 Å². The van der Waals surface area contributed by atoms with Gasteiger partial charge >= 0.3 is 41.5 Å². The predicted octanol–water partition coefficient (Wildman–Crippen LogP) is -4.78. The molecule has 19 heavy (non-hydrogen) atoms. The first-order valence-electron chi connectivity index (χ1n) is 4.99. The SMILES string of the molecule is CC(O)C(=O)OC(=O)[C@H](O)[C@@H](O)[C@H](O)[C@H](O)CO.[NaH]. The Morgan fingerprint density at radius 3 is 1.84 bits per heavy atom. The van der Waals surface area contributed by atoms with Crippen LogP contribution >= 0.6 is 0 Å². The maximum atomic E-state index is 11.1. The monoisotopic (exact) mass is 292 g/mol. The topological polar surface area (TPSA) is 165 Å². The molecule has 0 rings (SSSR count). The second-order valence-electron chi connectivity index (χ2n) is 3.59. The van der Waals surface area contributed by atoms with Crippen LogP contribution in [-0.4, -0.2) is 109 Å². The molecule has 108 valence electrons. The molecule has 0 spiro atoms. The zero-order valence-corrected chi connectivity index (χ0v) is 9.50. The van der Waals surface area contributed by atoms with Gasteiger partial charge in [0.2, 0.25) is 0 Å². The van der Waals surface area contributed by atoms with Crippen LogP contribution in [-0.2, 0) is 14.3 Å². The molecule has 0 radical (unpaired) electrons. The van der Waals surface area contributed by atoms with E-state index in [-0.39, 0.29) is 29.6 Å². The van der Waals surface area contributed by atoms with Gasteiger partial charge in [0.1, 0.15) is 24.4 Å². The van der Waals surface area contributed by atoms with E-state index in [0.717, 1.165) is 6.92 Å². The van der Waals surface area contributed by atoms with Gasteiger partial charge < -0.3 is 35.4 Å². The van der Waals surface area contributed by atoms with Gasteiger partial charge in [0, 0.05) is 0 Å². The molecule has 10 heteroatoms. The van der Waals surface area contributed by atoms with Crippen LogP contribution in [0.4, 0.5) is 0 Å². The maximum absolute atomic E-state index is 11.1. The van der Waals surface area contributed by atoms with E-state index in [1.807, 2.05) is 0 Å². The Morgan fingerprint density at radius 1 is 1.00 bits per heavy atom. The Bertz CT molecular complexity index is 295. The third kappa shape index (κ3) is 6.75. The molecule has 0 bridgehead atoms. The van der Waals surface area contributed by atoms with Crippen molar-refractivity contribution < 1.29 is 45.0 Å². The minimum absolute atomic E-state index is 0. The fourth-order valence-corrected chi connectivity index (χ4v) is 0.907. The van der Waals surface area contributed by atoms with E-state index < -0.39 is 49.1 Å². The molecule has 0 fully saturated rings. The number of hydrogen-bond acceptors (Lipinski definition) is 9. The van der Waals surface area contributed by atoms with Gasteiger partial charge in [0.15, 0.2) is 6.10 Å². The summed E-state index contributed by atoms with van der Waals surface area (Å²) >= 11 is 0. The summed E-state index contributed by atoms with van der Waals surface area (Å²) in [5.74, 6) is -2.94. The molecule has 0 aliphatic heterocycles. The average Bonchev–Trinajstić information content (AvgIpc) is 2.34. The molecule has 6 N–H and O–H groups in total. The average molecular weight is 292 g/mol. The molecule has 5 atom stereocenters. The summed E-state index contributed by atoms with van der Waals surface area (Å²) in [6.07, 6.45) is -9.88.